The number of hydrogen-bond acceptors (Lipinski definition) is 1. The Balaban J connectivity index is 2.93. The van der Waals surface area contributed by atoms with Crippen molar-refractivity contribution in [2.45, 2.75) is 18.5 Å². The largest absolute Gasteiger partial charge is 0.416 e. The Morgan fingerprint density at radius 2 is 2.12 bits per heavy atom. The molecule has 0 heterocycles. The minimum Gasteiger partial charge on any atom is -0.385 e. The van der Waals surface area contributed by atoms with Gasteiger partial charge in [-0.3, -0.25) is 0 Å². The highest BCUT2D eigenvalue weighted by Crippen LogP contribution is 2.32. The summed E-state index contributed by atoms with van der Waals surface area (Å²) >= 11 is 0. The van der Waals surface area contributed by atoms with Crippen LogP contribution >= 0.6 is 0 Å². The average Bonchev–Trinajstić information content (AvgIpc) is 2.29. The van der Waals surface area contributed by atoms with Crippen LogP contribution < -0.4 is 0 Å². The van der Waals surface area contributed by atoms with Gasteiger partial charge in [0.15, 0.2) is 0 Å². The second-order valence-corrected chi connectivity index (χ2v) is 3.75. The number of alkyl halides is 3. The molecule has 1 aromatic rings. The molecule has 1 nitrogen and oxygen atoms in total. The molecule has 0 unspecified atom stereocenters. The number of benzene rings is 1. The molecule has 0 aliphatic heterocycles. The zero-order valence-electron chi connectivity index (χ0n) is 9.63. The summed E-state index contributed by atoms with van der Waals surface area (Å²) in [6, 6.07) is 5.33. The minimum atomic E-state index is -4.30. The third-order valence-corrected chi connectivity index (χ3v) is 2.56. The van der Waals surface area contributed by atoms with Crippen molar-refractivity contribution in [2.24, 2.45) is 0 Å². The maximum Gasteiger partial charge on any atom is 0.416 e. The summed E-state index contributed by atoms with van der Waals surface area (Å²) in [5.74, 6) is -0.114. The van der Waals surface area contributed by atoms with E-state index < -0.39 is 11.7 Å². The van der Waals surface area contributed by atoms with E-state index in [1.807, 2.05) is 0 Å². The van der Waals surface area contributed by atoms with Crippen LogP contribution in [0.3, 0.4) is 0 Å². The lowest BCUT2D eigenvalue weighted by Gasteiger charge is -2.14. The van der Waals surface area contributed by atoms with Gasteiger partial charge in [-0.05, 0) is 18.1 Å². The Morgan fingerprint density at radius 1 is 1.41 bits per heavy atom. The van der Waals surface area contributed by atoms with E-state index in [9.17, 15) is 13.2 Å². The predicted octanol–water partition coefficient (Wildman–Crippen LogP) is 4.01. The average molecular weight is 244 g/mol. The van der Waals surface area contributed by atoms with Gasteiger partial charge < -0.3 is 4.74 Å². The summed E-state index contributed by atoms with van der Waals surface area (Å²) in [7, 11) is 1.56. The molecule has 0 saturated carbocycles. The number of hydrogen-bond donors (Lipinski definition) is 0. The van der Waals surface area contributed by atoms with Gasteiger partial charge in [0, 0.05) is 19.6 Å². The number of methoxy groups -OCH3 is 1. The van der Waals surface area contributed by atoms with Crippen molar-refractivity contribution >= 4 is 0 Å². The van der Waals surface area contributed by atoms with Gasteiger partial charge in [0.2, 0.25) is 0 Å². The lowest BCUT2D eigenvalue weighted by atomic mass is 9.94. The van der Waals surface area contributed by atoms with E-state index in [-0.39, 0.29) is 5.92 Å². The molecule has 1 atom stereocenters. The first kappa shape index (κ1) is 13.8. The molecule has 0 N–H and O–H groups in total. The van der Waals surface area contributed by atoms with Crippen LogP contribution in [-0.4, -0.2) is 13.7 Å². The van der Waals surface area contributed by atoms with Crippen molar-refractivity contribution in [2.75, 3.05) is 13.7 Å². The molecular formula is C13H15F3O. The van der Waals surface area contributed by atoms with Gasteiger partial charge in [-0.2, -0.15) is 13.2 Å². The quantitative estimate of drug-likeness (QED) is 0.711. The third kappa shape index (κ3) is 3.89. The molecule has 0 aliphatic carbocycles. The molecule has 0 spiro atoms. The molecule has 17 heavy (non-hydrogen) atoms. The summed E-state index contributed by atoms with van der Waals surface area (Å²) in [6.45, 7) is 4.14. The van der Waals surface area contributed by atoms with Gasteiger partial charge in [-0.25, -0.2) is 0 Å². The molecular weight excluding hydrogens is 229 g/mol. The van der Waals surface area contributed by atoms with Crippen molar-refractivity contribution < 1.29 is 17.9 Å². The van der Waals surface area contributed by atoms with E-state index in [4.69, 9.17) is 4.74 Å². The summed E-state index contributed by atoms with van der Waals surface area (Å²) in [5.41, 5.74) is -0.00820. The predicted molar refractivity (Wildman–Crippen MR) is 60.9 cm³/mol. The molecule has 0 amide bonds. The molecule has 1 rings (SSSR count). The van der Waals surface area contributed by atoms with Crippen molar-refractivity contribution in [3.05, 3.63) is 48.0 Å². The van der Waals surface area contributed by atoms with Crippen LogP contribution in [0.2, 0.25) is 0 Å². The summed E-state index contributed by atoms with van der Waals surface area (Å²) in [6.07, 6.45) is -2.03. The standard InChI is InChI=1S/C13H15F3O/c1-3-10(7-8-17-2)11-5-4-6-12(9-11)13(14,15)16/h3-6,9-10H,1,7-8H2,2H3/t10-/m0/s1. The molecule has 4 heteroatoms. The van der Waals surface area contributed by atoms with Crippen LogP contribution in [0.4, 0.5) is 13.2 Å². The van der Waals surface area contributed by atoms with E-state index >= 15 is 0 Å². The summed E-state index contributed by atoms with van der Waals surface area (Å²) in [4.78, 5) is 0. The van der Waals surface area contributed by atoms with E-state index in [0.29, 0.717) is 18.6 Å². The van der Waals surface area contributed by atoms with Crippen LogP contribution in [-0.2, 0) is 10.9 Å². The highest BCUT2D eigenvalue weighted by atomic mass is 19.4. The Kier molecular flexibility index (Phi) is 4.75. The third-order valence-electron chi connectivity index (χ3n) is 2.56. The number of halogens is 3. The fourth-order valence-corrected chi connectivity index (χ4v) is 1.61. The topological polar surface area (TPSA) is 9.23 Å². The molecule has 0 saturated heterocycles. The van der Waals surface area contributed by atoms with E-state index in [1.54, 1.807) is 19.3 Å². The second kappa shape index (κ2) is 5.87. The van der Waals surface area contributed by atoms with Gasteiger partial charge >= 0.3 is 6.18 Å². The monoisotopic (exact) mass is 244 g/mol. The van der Waals surface area contributed by atoms with Crippen LogP contribution in [0.15, 0.2) is 36.9 Å². The highest BCUT2D eigenvalue weighted by molar-refractivity contribution is 5.30. The van der Waals surface area contributed by atoms with Crippen molar-refractivity contribution in [1.82, 2.24) is 0 Å². The van der Waals surface area contributed by atoms with Crippen molar-refractivity contribution in [1.29, 1.82) is 0 Å². The normalized spacial score (nSPS) is 13.4. The number of ether oxygens (including phenoxy) is 1. The molecule has 0 radical (unpaired) electrons. The number of rotatable bonds is 5. The first-order valence-electron chi connectivity index (χ1n) is 5.27. The van der Waals surface area contributed by atoms with E-state index in [2.05, 4.69) is 6.58 Å². The van der Waals surface area contributed by atoms with Gasteiger partial charge in [-0.1, -0.05) is 24.3 Å². The van der Waals surface area contributed by atoms with Crippen LogP contribution in [0, 0.1) is 0 Å². The van der Waals surface area contributed by atoms with Crippen LogP contribution in [0.1, 0.15) is 23.5 Å². The van der Waals surface area contributed by atoms with Gasteiger partial charge in [0.1, 0.15) is 0 Å². The minimum absolute atomic E-state index is 0.114. The van der Waals surface area contributed by atoms with Gasteiger partial charge in [0.25, 0.3) is 0 Å². The second-order valence-electron chi connectivity index (χ2n) is 3.75. The Labute approximate surface area is 98.9 Å². The fraction of sp³-hybridized carbons (Fsp3) is 0.385. The fourth-order valence-electron chi connectivity index (χ4n) is 1.61. The van der Waals surface area contributed by atoms with Crippen LogP contribution in [0.5, 0.6) is 0 Å². The zero-order chi connectivity index (χ0) is 12.9. The molecule has 0 aromatic heterocycles. The summed E-state index contributed by atoms with van der Waals surface area (Å²) in [5, 5.41) is 0. The molecule has 0 fully saturated rings. The SMILES string of the molecule is C=C[C@@H](CCOC)c1cccc(C(F)(F)F)c1. The highest BCUT2D eigenvalue weighted by Gasteiger charge is 2.30. The molecule has 1 aromatic carbocycles. The van der Waals surface area contributed by atoms with Gasteiger partial charge in [-0.15, -0.1) is 6.58 Å². The zero-order valence-corrected chi connectivity index (χ0v) is 9.63. The Hall–Kier alpha value is -1.29. The summed E-state index contributed by atoms with van der Waals surface area (Å²) < 4.78 is 42.5. The Morgan fingerprint density at radius 3 is 2.65 bits per heavy atom. The molecule has 0 aliphatic rings. The van der Waals surface area contributed by atoms with E-state index in [0.717, 1.165) is 6.07 Å². The Bertz CT molecular complexity index is 371. The van der Waals surface area contributed by atoms with Crippen LogP contribution in [0.25, 0.3) is 0 Å². The maximum atomic E-state index is 12.5. The lowest BCUT2D eigenvalue weighted by molar-refractivity contribution is -0.137. The van der Waals surface area contributed by atoms with Crippen molar-refractivity contribution in [3.63, 3.8) is 0 Å². The smallest absolute Gasteiger partial charge is 0.385 e. The first-order valence-corrected chi connectivity index (χ1v) is 5.27. The van der Waals surface area contributed by atoms with E-state index in [1.165, 1.54) is 12.1 Å². The molecule has 0 bridgehead atoms. The lowest BCUT2D eigenvalue weighted by Crippen LogP contribution is -2.07. The van der Waals surface area contributed by atoms with Crippen molar-refractivity contribution in [3.8, 4) is 0 Å². The molecule has 94 valence electrons. The van der Waals surface area contributed by atoms with Gasteiger partial charge in [0.05, 0.1) is 5.56 Å². The number of allylic oxidation sites excluding steroid dienone is 1. The maximum absolute atomic E-state index is 12.5. The first-order chi connectivity index (χ1) is 7.99.